The maximum atomic E-state index is 11.0. The fourth-order valence-electron chi connectivity index (χ4n) is 2.53. The maximum absolute atomic E-state index is 11.0. The van der Waals surface area contributed by atoms with Gasteiger partial charge in [0.2, 0.25) is 0 Å². The van der Waals surface area contributed by atoms with Crippen molar-refractivity contribution in [3.63, 3.8) is 0 Å². The zero-order valence-electron chi connectivity index (χ0n) is 11.3. The molecule has 1 aliphatic heterocycles. The Hall–Kier alpha value is -1.55. The predicted octanol–water partition coefficient (Wildman–Crippen LogP) is 2.64. The van der Waals surface area contributed by atoms with Crippen LogP contribution in [0.2, 0.25) is 0 Å². The Morgan fingerprint density at radius 2 is 2.21 bits per heavy atom. The van der Waals surface area contributed by atoms with Crippen LogP contribution in [0.4, 0.5) is 0 Å². The highest BCUT2D eigenvalue weighted by molar-refractivity contribution is 5.90. The Morgan fingerprint density at radius 3 is 2.95 bits per heavy atom. The molecule has 0 aromatic heterocycles. The molecular weight excluding hydrogens is 242 g/mol. The van der Waals surface area contributed by atoms with Gasteiger partial charge in [0.25, 0.3) is 0 Å². The average Bonchev–Trinajstić information content (AvgIpc) is 2.41. The summed E-state index contributed by atoms with van der Waals surface area (Å²) in [5.41, 5.74) is 0.231. The van der Waals surface area contributed by atoms with E-state index in [4.69, 9.17) is 9.84 Å². The van der Waals surface area contributed by atoms with Crippen LogP contribution < -0.4 is 4.74 Å². The molecule has 1 aliphatic rings. The zero-order chi connectivity index (χ0) is 13.7. The third kappa shape index (κ3) is 3.70. The topological polar surface area (TPSA) is 49.8 Å². The van der Waals surface area contributed by atoms with Crippen LogP contribution in [0, 0.1) is 0 Å². The van der Waals surface area contributed by atoms with Crippen LogP contribution >= 0.6 is 0 Å². The number of ether oxygens (including phenoxy) is 1. The second-order valence-corrected chi connectivity index (χ2v) is 5.03. The minimum atomic E-state index is -0.943. The quantitative estimate of drug-likeness (QED) is 0.887. The van der Waals surface area contributed by atoms with Gasteiger partial charge in [0.15, 0.2) is 0 Å². The van der Waals surface area contributed by atoms with Gasteiger partial charge in [-0.2, -0.15) is 0 Å². The summed E-state index contributed by atoms with van der Waals surface area (Å²) in [6, 6.07) is 7.39. The lowest BCUT2D eigenvalue weighted by Gasteiger charge is -2.33. The molecule has 19 heavy (non-hydrogen) atoms. The fraction of sp³-hybridized carbons (Fsp3) is 0.533. The van der Waals surface area contributed by atoms with E-state index in [9.17, 15) is 4.79 Å². The van der Waals surface area contributed by atoms with E-state index in [0.29, 0.717) is 18.4 Å². The summed E-state index contributed by atoms with van der Waals surface area (Å²) < 4.78 is 5.63. The summed E-state index contributed by atoms with van der Waals surface area (Å²) in [5, 5.41) is 9.07. The first-order valence-corrected chi connectivity index (χ1v) is 6.87. The number of carbonyl (C=O) groups is 1. The summed E-state index contributed by atoms with van der Waals surface area (Å²) >= 11 is 0. The van der Waals surface area contributed by atoms with Gasteiger partial charge in [-0.1, -0.05) is 18.6 Å². The Bertz CT molecular complexity index is 433. The van der Waals surface area contributed by atoms with Crippen molar-refractivity contribution in [2.24, 2.45) is 0 Å². The van der Waals surface area contributed by atoms with Gasteiger partial charge in [-0.25, -0.2) is 4.79 Å². The molecule has 0 bridgehead atoms. The van der Waals surface area contributed by atoms with Gasteiger partial charge in [-0.05, 0) is 38.4 Å². The molecule has 1 atom stereocenters. The van der Waals surface area contributed by atoms with Gasteiger partial charge in [-0.3, -0.25) is 4.90 Å². The van der Waals surface area contributed by atoms with Crippen LogP contribution in [-0.4, -0.2) is 41.7 Å². The first-order valence-electron chi connectivity index (χ1n) is 6.87. The monoisotopic (exact) mass is 263 g/mol. The molecule has 1 aromatic rings. The van der Waals surface area contributed by atoms with Gasteiger partial charge >= 0.3 is 5.97 Å². The van der Waals surface area contributed by atoms with Gasteiger partial charge in [0.05, 0.1) is 0 Å². The molecule has 0 radical (unpaired) electrons. The van der Waals surface area contributed by atoms with Crippen LogP contribution in [0.1, 0.15) is 36.5 Å². The number of carboxylic acid groups (broad SMARTS) is 1. The van der Waals surface area contributed by atoms with Crippen LogP contribution in [-0.2, 0) is 0 Å². The molecule has 1 fully saturated rings. The molecule has 1 N–H and O–H groups in total. The van der Waals surface area contributed by atoms with E-state index in [2.05, 4.69) is 11.8 Å². The van der Waals surface area contributed by atoms with E-state index >= 15 is 0 Å². The van der Waals surface area contributed by atoms with Crippen LogP contribution in [0.15, 0.2) is 24.3 Å². The van der Waals surface area contributed by atoms with Crippen molar-refractivity contribution in [3.8, 4) is 5.75 Å². The first kappa shape index (κ1) is 13.9. The second kappa shape index (κ2) is 6.57. The molecule has 1 unspecified atom stereocenters. The van der Waals surface area contributed by atoms with E-state index in [1.165, 1.54) is 19.3 Å². The minimum absolute atomic E-state index is 0.231. The second-order valence-electron chi connectivity index (χ2n) is 5.03. The summed E-state index contributed by atoms with van der Waals surface area (Å²) in [4.78, 5) is 13.5. The van der Waals surface area contributed by atoms with Crippen molar-refractivity contribution >= 4 is 5.97 Å². The van der Waals surface area contributed by atoms with E-state index in [1.807, 2.05) is 0 Å². The van der Waals surface area contributed by atoms with Crippen LogP contribution in [0.5, 0.6) is 5.75 Å². The number of likely N-dealkylation sites (tertiary alicyclic amines) is 1. The molecule has 2 rings (SSSR count). The number of para-hydroxylation sites is 1. The smallest absolute Gasteiger partial charge is 0.339 e. The summed E-state index contributed by atoms with van der Waals surface area (Å²) in [7, 11) is 0. The van der Waals surface area contributed by atoms with Gasteiger partial charge in [0.1, 0.15) is 17.9 Å². The lowest BCUT2D eigenvalue weighted by molar-refractivity contribution is 0.0690. The van der Waals surface area contributed by atoms with E-state index in [-0.39, 0.29) is 5.56 Å². The molecule has 104 valence electrons. The molecule has 4 nitrogen and oxygen atoms in total. The normalized spacial score (nSPS) is 20.2. The van der Waals surface area contributed by atoms with E-state index in [1.54, 1.807) is 24.3 Å². The lowest BCUT2D eigenvalue weighted by atomic mass is 10.0. The SMILES string of the molecule is CC1CCCCN1CCOc1ccccc1C(=O)O. The molecule has 0 spiro atoms. The Kier molecular flexibility index (Phi) is 4.80. The zero-order valence-corrected chi connectivity index (χ0v) is 11.3. The third-order valence-electron chi connectivity index (χ3n) is 3.69. The summed E-state index contributed by atoms with van der Waals surface area (Å²) in [5.74, 6) is -0.485. The molecule has 0 amide bonds. The van der Waals surface area contributed by atoms with Gasteiger partial charge < -0.3 is 9.84 Å². The van der Waals surface area contributed by atoms with Crippen molar-refractivity contribution < 1.29 is 14.6 Å². The highest BCUT2D eigenvalue weighted by Crippen LogP contribution is 2.19. The summed E-state index contributed by atoms with van der Waals surface area (Å²) in [6.45, 7) is 4.75. The first-order chi connectivity index (χ1) is 9.18. The standard InChI is InChI=1S/C15H21NO3/c1-12-6-4-5-9-16(12)10-11-19-14-8-3-2-7-13(14)15(17)18/h2-3,7-8,12H,4-6,9-11H2,1H3,(H,17,18). The van der Waals surface area contributed by atoms with Crippen LogP contribution in [0.25, 0.3) is 0 Å². The Balaban J connectivity index is 1.87. The average molecular weight is 263 g/mol. The molecule has 4 heteroatoms. The Labute approximate surface area is 114 Å². The largest absolute Gasteiger partial charge is 0.491 e. The van der Waals surface area contributed by atoms with Gasteiger partial charge in [-0.15, -0.1) is 0 Å². The van der Waals surface area contributed by atoms with Crippen molar-refractivity contribution in [1.82, 2.24) is 4.90 Å². The third-order valence-corrected chi connectivity index (χ3v) is 3.69. The molecule has 0 saturated carbocycles. The molecular formula is C15H21NO3. The number of piperidine rings is 1. The summed E-state index contributed by atoms with van der Waals surface area (Å²) in [6.07, 6.45) is 3.79. The lowest BCUT2D eigenvalue weighted by Crippen LogP contribution is -2.39. The highest BCUT2D eigenvalue weighted by atomic mass is 16.5. The number of hydrogen-bond donors (Lipinski definition) is 1. The molecule has 1 heterocycles. The number of aromatic carboxylic acids is 1. The molecule has 1 aromatic carbocycles. The van der Waals surface area contributed by atoms with Crippen LogP contribution in [0.3, 0.4) is 0 Å². The van der Waals surface area contributed by atoms with E-state index < -0.39 is 5.97 Å². The van der Waals surface area contributed by atoms with Crippen molar-refractivity contribution in [2.75, 3.05) is 19.7 Å². The van der Waals surface area contributed by atoms with Crippen molar-refractivity contribution in [2.45, 2.75) is 32.2 Å². The van der Waals surface area contributed by atoms with Crippen molar-refractivity contribution in [3.05, 3.63) is 29.8 Å². The maximum Gasteiger partial charge on any atom is 0.339 e. The fourth-order valence-corrected chi connectivity index (χ4v) is 2.53. The Morgan fingerprint density at radius 1 is 1.42 bits per heavy atom. The van der Waals surface area contributed by atoms with E-state index in [0.717, 1.165) is 13.1 Å². The highest BCUT2D eigenvalue weighted by Gasteiger charge is 2.18. The number of benzene rings is 1. The number of nitrogens with zero attached hydrogens (tertiary/aromatic N) is 1. The number of carboxylic acids is 1. The number of rotatable bonds is 5. The van der Waals surface area contributed by atoms with Crippen molar-refractivity contribution in [1.29, 1.82) is 0 Å². The minimum Gasteiger partial charge on any atom is -0.491 e. The predicted molar refractivity (Wildman–Crippen MR) is 73.8 cm³/mol. The molecule has 0 aliphatic carbocycles. The molecule has 1 saturated heterocycles. The van der Waals surface area contributed by atoms with Gasteiger partial charge in [0, 0.05) is 12.6 Å². The number of hydrogen-bond acceptors (Lipinski definition) is 3.